The highest BCUT2D eigenvalue weighted by Gasteiger charge is 2.06. The smallest absolute Gasteiger partial charge is 0.0794 e. The number of thiazole rings is 1. The summed E-state index contributed by atoms with van der Waals surface area (Å²) in [5.74, 6) is 0. The zero-order valence-electron chi connectivity index (χ0n) is 11.4. The molecule has 0 amide bonds. The fraction of sp³-hybridized carbons (Fsp3) is 0.769. The van der Waals surface area contributed by atoms with E-state index in [0.717, 1.165) is 6.54 Å². The van der Waals surface area contributed by atoms with Crippen LogP contribution in [-0.2, 0) is 0 Å². The molecule has 4 heteroatoms. The number of nitrogens with one attached hydrogen (secondary N) is 1. The summed E-state index contributed by atoms with van der Waals surface area (Å²) in [7, 11) is 2.19. The van der Waals surface area contributed by atoms with E-state index in [9.17, 15) is 0 Å². The maximum absolute atomic E-state index is 4.10. The number of unbranched alkanes of at least 4 members (excludes halogenated alkanes) is 1. The predicted octanol–water partition coefficient (Wildman–Crippen LogP) is 2.91. The Morgan fingerprint density at radius 3 is 2.71 bits per heavy atom. The average Bonchev–Trinajstić information content (AvgIpc) is 2.81. The Hall–Kier alpha value is -0.450. The molecule has 1 aromatic heterocycles. The van der Waals surface area contributed by atoms with Gasteiger partial charge in [0.2, 0.25) is 0 Å². The van der Waals surface area contributed by atoms with E-state index in [0.29, 0.717) is 12.1 Å². The van der Waals surface area contributed by atoms with Crippen molar-refractivity contribution in [3.63, 3.8) is 0 Å². The lowest BCUT2D eigenvalue weighted by Crippen LogP contribution is -2.28. The van der Waals surface area contributed by atoms with Gasteiger partial charge in [-0.05, 0) is 53.8 Å². The third-order valence-corrected chi connectivity index (χ3v) is 4.11. The predicted molar refractivity (Wildman–Crippen MR) is 75.5 cm³/mol. The number of rotatable bonds is 8. The van der Waals surface area contributed by atoms with Crippen LogP contribution in [0.5, 0.6) is 0 Å². The van der Waals surface area contributed by atoms with Crippen LogP contribution < -0.4 is 5.32 Å². The molecule has 0 bridgehead atoms. The van der Waals surface area contributed by atoms with Crippen LogP contribution in [0, 0.1) is 0 Å². The van der Waals surface area contributed by atoms with Crippen molar-refractivity contribution in [2.75, 3.05) is 20.1 Å². The molecule has 1 rings (SSSR count). The van der Waals surface area contributed by atoms with Gasteiger partial charge < -0.3 is 10.2 Å². The molecule has 0 saturated carbocycles. The van der Waals surface area contributed by atoms with Crippen LogP contribution in [-0.4, -0.2) is 36.1 Å². The molecule has 0 aliphatic heterocycles. The van der Waals surface area contributed by atoms with Gasteiger partial charge in [0.05, 0.1) is 5.51 Å². The Morgan fingerprint density at radius 1 is 1.35 bits per heavy atom. The first-order valence-corrected chi connectivity index (χ1v) is 7.31. The van der Waals surface area contributed by atoms with Gasteiger partial charge in [-0.25, -0.2) is 0 Å². The molecule has 17 heavy (non-hydrogen) atoms. The second-order valence-electron chi connectivity index (χ2n) is 4.86. The summed E-state index contributed by atoms with van der Waals surface area (Å²) in [6, 6.07) is 1.09. The lowest BCUT2D eigenvalue weighted by molar-refractivity contribution is 0.267. The third-order valence-electron chi connectivity index (χ3n) is 3.15. The molecular weight excluding hydrogens is 230 g/mol. The van der Waals surface area contributed by atoms with Crippen LogP contribution in [0.15, 0.2) is 11.7 Å². The first-order chi connectivity index (χ1) is 8.11. The van der Waals surface area contributed by atoms with E-state index in [1.165, 1.54) is 24.3 Å². The standard InChI is InChI=1S/C13H25N3S/c1-11(2)16(4)8-6-5-7-15-12(3)13-9-14-10-17-13/h9-12,15H,5-8H2,1-4H3. The molecule has 0 saturated heterocycles. The Bertz CT molecular complexity index is 285. The zero-order chi connectivity index (χ0) is 12.7. The first-order valence-electron chi connectivity index (χ1n) is 6.43. The van der Waals surface area contributed by atoms with Gasteiger partial charge in [0.15, 0.2) is 0 Å². The highest BCUT2D eigenvalue weighted by atomic mass is 32.1. The van der Waals surface area contributed by atoms with E-state index >= 15 is 0 Å². The van der Waals surface area contributed by atoms with E-state index in [4.69, 9.17) is 0 Å². The summed E-state index contributed by atoms with van der Waals surface area (Å²) in [6.45, 7) is 8.96. The van der Waals surface area contributed by atoms with Crippen molar-refractivity contribution in [3.05, 3.63) is 16.6 Å². The molecule has 0 aromatic carbocycles. The molecular formula is C13H25N3S. The molecule has 1 atom stereocenters. The van der Waals surface area contributed by atoms with Crippen LogP contribution in [0.25, 0.3) is 0 Å². The van der Waals surface area contributed by atoms with Crippen LogP contribution in [0.4, 0.5) is 0 Å². The third kappa shape index (κ3) is 5.61. The van der Waals surface area contributed by atoms with Gasteiger partial charge in [-0.2, -0.15) is 0 Å². The van der Waals surface area contributed by atoms with Crippen molar-refractivity contribution in [1.82, 2.24) is 15.2 Å². The van der Waals surface area contributed by atoms with Gasteiger partial charge in [0.1, 0.15) is 0 Å². The summed E-state index contributed by atoms with van der Waals surface area (Å²) >= 11 is 1.72. The molecule has 3 nitrogen and oxygen atoms in total. The SMILES string of the molecule is CC(NCCCCN(C)C(C)C)c1cncs1. The van der Waals surface area contributed by atoms with Crippen molar-refractivity contribution in [3.8, 4) is 0 Å². The molecule has 1 unspecified atom stereocenters. The lowest BCUT2D eigenvalue weighted by Gasteiger charge is -2.20. The Kier molecular flexibility index (Phi) is 6.70. The second-order valence-corrected chi connectivity index (χ2v) is 5.78. The summed E-state index contributed by atoms with van der Waals surface area (Å²) in [4.78, 5) is 7.82. The van der Waals surface area contributed by atoms with E-state index < -0.39 is 0 Å². The normalized spacial score (nSPS) is 13.5. The maximum Gasteiger partial charge on any atom is 0.0794 e. The van der Waals surface area contributed by atoms with Crippen molar-refractivity contribution in [2.45, 2.75) is 45.7 Å². The maximum atomic E-state index is 4.10. The van der Waals surface area contributed by atoms with E-state index in [2.05, 4.69) is 43.0 Å². The topological polar surface area (TPSA) is 28.2 Å². The van der Waals surface area contributed by atoms with Crippen molar-refractivity contribution in [1.29, 1.82) is 0 Å². The van der Waals surface area contributed by atoms with Crippen LogP contribution in [0.3, 0.4) is 0 Å². The molecule has 0 spiro atoms. The minimum atomic E-state index is 0.435. The summed E-state index contributed by atoms with van der Waals surface area (Å²) in [6.07, 6.45) is 4.45. The highest BCUT2D eigenvalue weighted by molar-refractivity contribution is 7.09. The van der Waals surface area contributed by atoms with Crippen molar-refractivity contribution in [2.24, 2.45) is 0 Å². The minimum Gasteiger partial charge on any atom is -0.309 e. The molecule has 0 fully saturated rings. The minimum absolute atomic E-state index is 0.435. The fourth-order valence-electron chi connectivity index (χ4n) is 1.60. The van der Waals surface area contributed by atoms with Crippen molar-refractivity contribution < 1.29 is 0 Å². The number of nitrogens with zero attached hydrogens (tertiary/aromatic N) is 2. The number of hydrogen-bond donors (Lipinski definition) is 1. The highest BCUT2D eigenvalue weighted by Crippen LogP contribution is 2.15. The second kappa shape index (κ2) is 7.80. The van der Waals surface area contributed by atoms with E-state index in [1.54, 1.807) is 11.3 Å². The van der Waals surface area contributed by atoms with Gasteiger partial charge >= 0.3 is 0 Å². The fourth-order valence-corrected chi connectivity index (χ4v) is 2.26. The Labute approximate surface area is 109 Å². The number of hydrogen-bond acceptors (Lipinski definition) is 4. The average molecular weight is 255 g/mol. The van der Waals surface area contributed by atoms with E-state index in [-0.39, 0.29) is 0 Å². The summed E-state index contributed by atoms with van der Waals surface area (Å²) in [5.41, 5.74) is 1.89. The molecule has 98 valence electrons. The quantitative estimate of drug-likeness (QED) is 0.724. The monoisotopic (exact) mass is 255 g/mol. The Balaban J connectivity index is 2.05. The van der Waals surface area contributed by atoms with Gasteiger partial charge in [-0.15, -0.1) is 11.3 Å². The summed E-state index contributed by atoms with van der Waals surface area (Å²) in [5, 5.41) is 3.54. The zero-order valence-corrected chi connectivity index (χ0v) is 12.3. The van der Waals surface area contributed by atoms with Gasteiger partial charge in [0, 0.05) is 23.2 Å². The Morgan fingerprint density at radius 2 is 2.12 bits per heavy atom. The van der Waals surface area contributed by atoms with Gasteiger partial charge in [-0.3, -0.25) is 4.98 Å². The largest absolute Gasteiger partial charge is 0.309 e. The van der Waals surface area contributed by atoms with E-state index in [1.807, 2.05) is 11.7 Å². The molecule has 1 heterocycles. The van der Waals surface area contributed by atoms with Gasteiger partial charge in [-0.1, -0.05) is 0 Å². The molecule has 0 radical (unpaired) electrons. The van der Waals surface area contributed by atoms with Crippen LogP contribution in [0.1, 0.15) is 44.5 Å². The lowest BCUT2D eigenvalue weighted by atomic mass is 10.2. The molecule has 0 aliphatic carbocycles. The molecule has 1 N–H and O–H groups in total. The van der Waals surface area contributed by atoms with Crippen molar-refractivity contribution >= 4 is 11.3 Å². The van der Waals surface area contributed by atoms with Crippen LogP contribution >= 0.6 is 11.3 Å². The first kappa shape index (κ1) is 14.6. The molecule has 0 aliphatic rings. The van der Waals surface area contributed by atoms with Crippen LogP contribution in [0.2, 0.25) is 0 Å². The number of aromatic nitrogens is 1. The van der Waals surface area contributed by atoms with Gasteiger partial charge in [0.25, 0.3) is 0 Å². The molecule has 1 aromatic rings. The summed E-state index contributed by atoms with van der Waals surface area (Å²) < 4.78 is 0.